The summed E-state index contributed by atoms with van der Waals surface area (Å²) in [6.45, 7) is 3.99. The summed E-state index contributed by atoms with van der Waals surface area (Å²) in [7, 11) is 0. The van der Waals surface area contributed by atoms with E-state index >= 15 is 0 Å². The molecule has 17 heavy (non-hydrogen) atoms. The molecule has 0 spiro atoms. The zero-order chi connectivity index (χ0) is 12.8. The van der Waals surface area contributed by atoms with E-state index in [1.807, 2.05) is 13.8 Å². The van der Waals surface area contributed by atoms with Crippen molar-refractivity contribution in [2.45, 2.75) is 38.7 Å². The number of halogens is 1. The van der Waals surface area contributed by atoms with Gasteiger partial charge < -0.3 is 4.74 Å². The maximum absolute atomic E-state index is 10.9. The molecule has 0 amide bonds. The molecule has 0 saturated heterocycles. The SMILES string of the molecule is CCC(CC)Oc1ccc(CCl)cc1[N+](=O)[O-]. The molecular formula is C12H16ClNO3. The van der Waals surface area contributed by atoms with Crippen molar-refractivity contribution < 1.29 is 9.66 Å². The molecule has 0 aliphatic heterocycles. The van der Waals surface area contributed by atoms with Crippen LogP contribution < -0.4 is 4.74 Å². The lowest BCUT2D eigenvalue weighted by Crippen LogP contribution is -2.14. The molecule has 1 rings (SSSR count). The van der Waals surface area contributed by atoms with Crippen molar-refractivity contribution in [1.29, 1.82) is 0 Å². The van der Waals surface area contributed by atoms with Crippen molar-refractivity contribution in [3.8, 4) is 5.75 Å². The van der Waals surface area contributed by atoms with Crippen molar-refractivity contribution in [1.82, 2.24) is 0 Å². The normalized spacial score (nSPS) is 10.6. The molecule has 1 aromatic rings. The second kappa shape index (κ2) is 6.45. The fourth-order valence-corrected chi connectivity index (χ4v) is 1.69. The van der Waals surface area contributed by atoms with Gasteiger partial charge in [0.25, 0.3) is 0 Å². The summed E-state index contributed by atoms with van der Waals surface area (Å²) in [6.07, 6.45) is 1.66. The Bertz CT molecular complexity index is 391. The number of hydrogen-bond donors (Lipinski definition) is 0. The van der Waals surface area contributed by atoms with Crippen LogP contribution in [-0.4, -0.2) is 11.0 Å². The van der Waals surface area contributed by atoms with Gasteiger partial charge in [-0.05, 0) is 24.5 Å². The van der Waals surface area contributed by atoms with Gasteiger partial charge in [-0.25, -0.2) is 0 Å². The summed E-state index contributed by atoms with van der Waals surface area (Å²) in [5.74, 6) is 0.573. The van der Waals surface area contributed by atoms with E-state index < -0.39 is 4.92 Å². The smallest absolute Gasteiger partial charge is 0.311 e. The first-order chi connectivity index (χ1) is 8.12. The number of alkyl halides is 1. The summed E-state index contributed by atoms with van der Waals surface area (Å²) in [4.78, 5) is 10.5. The van der Waals surface area contributed by atoms with Crippen LogP contribution in [0.4, 0.5) is 5.69 Å². The third-order valence-corrected chi connectivity index (χ3v) is 2.89. The third-order valence-electron chi connectivity index (χ3n) is 2.58. The standard InChI is InChI=1S/C12H16ClNO3/c1-3-10(4-2)17-12-6-5-9(8-13)7-11(12)14(15)16/h5-7,10H,3-4,8H2,1-2H3. The van der Waals surface area contributed by atoms with Gasteiger partial charge in [0.1, 0.15) is 0 Å². The Balaban J connectivity index is 3.01. The predicted molar refractivity (Wildman–Crippen MR) is 67.7 cm³/mol. The highest BCUT2D eigenvalue weighted by molar-refractivity contribution is 6.17. The van der Waals surface area contributed by atoms with Gasteiger partial charge in [-0.15, -0.1) is 11.6 Å². The zero-order valence-electron chi connectivity index (χ0n) is 9.98. The van der Waals surface area contributed by atoms with Crippen LogP contribution in [0.15, 0.2) is 18.2 Å². The lowest BCUT2D eigenvalue weighted by Gasteiger charge is -2.15. The van der Waals surface area contributed by atoms with Crippen LogP contribution >= 0.6 is 11.6 Å². The van der Waals surface area contributed by atoms with Gasteiger partial charge >= 0.3 is 5.69 Å². The quantitative estimate of drug-likeness (QED) is 0.441. The van der Waals surface area contributed by atoms with Crippen LogP contribution in [0.3, 0.4) is 0 Å². The number of benzene rings is 1. The number of ether oxygens (including phenoxy) is 1. The molecule has 0 aromatic heterocycles. The van der Waals surface area contributed by atoms with Crippen LogP contribution in [0.1, 0.15) is 32.3 Å². The van der Waals surface area contributed by atoms with Crippen molar-refractivity contribution in [3.05, 3.63) is 33.9 Å². The van der Waals surface area contributed by atoms with Crippen LogP contribution in [-0.2, 0) is 5.88 Å². The molecule has 0 atom stereocenters. The molecule has 5 heteroatoms. The van der Waals surface area contributed by atoms with Gasteiger partial charge in [-0.2, -0.15) is 0 Å². The summed E-state index contributed by atoms with van der Waals surface area (Å²) in [5, 5.41) is 10.9. The number of nitro benzene ring substituents is 1. The van der Waals surface area contributed by atoms with Crippen LogP contribution in [0.2, 0.25) is 0 Å². The van der Waals surface area contributed by atoms with E-state index in [-0.39, 0.29) is 17.7 Å². The minimum atomic E-state index is -0.437. The largest absolute Gasteiger partial charge is 0.484 e. The molecule has 0 aliphatic carbocycles. The molecule has 94 valence electrons. The molecule has 0 N–H and O–H groups in total. The predicted octanol–water partition coefficient (Wildman–Crippen LogP) is 3.90. The Hall–Kier alpha value is -1.29. The summed E-state index contributed by atoms with van der Waals surface area (Å²) < 4.78 is 5.62. The van der Waals surface area contributed by atoms with Gasteiger partial charge in [-0.3, -0.25) is 10.1 Å². The average molecular weight is 258 g/mol. The van der Waals surface area contributed by atoms with Gasteiger partial charge in [0.15, 0.2) is 5.75 Å². The van der Waals surface area contributed by atoms with Crippen molar-refractivity contribution >= 4 is 17.3 Å². The first kappa shape index (κ1) is 13.8. The Morgan fingerprint density at radius 3 is 2.53 bits per heavy atom. The molecule has 0 aliphatic rings. The number of rotatable bonds is 6. The molecule has 0 bridgehead atoms. The number of hydrogen-bond acceptors (Lipinski definition) is 3. The van der Waals surface area contributed by atoms with E-state index in [1.54, 1.807) is 12.1 Å². The van der Waals surface area contributed by atoms with Crippen molar-refractivity contribution in [3.63, 3.8) is 0 Å². The van der Waals surface area contributed by atoms with E-state index in [9.17, 15) is 10.1 Å². The number of nitro groups is 1. The maximum atomic E-state index is 10.9. The molecule has 1 aromatic carbocycles. The Morgan fingerprint density at radius 2 is 2.06 bits per heavy atom. The van der Waals surface area contributed by atoms with Crippen molar-refractivity contribution in [2.75, 3.05) is 0 Å². The van der Waals surface area contributed by atoms with E-state index in [4.69, 9.17) is 16.3 Å². The molecule has 0 fully saturated rings. The van der Waals surface area contributed by atoms with E-state index in [1.165, 1.54) is 6.07 Å². The van der Waals surface area contributed by atoms with E-state index in [0.29, 0.717) is 5.75 Å². The lowest BCUT2D eigenvalue weighted by molar-refractivity contribution is -0.386. The molecular weight excluding hydrogens is 242 g/mol. The van der Waals surface area contributed by atoms with Gasteiger partial charge in [-0.1, -0.05) is 19.9 Å². The highest BCUT2D eigenvalue weighted by atomic mass is 35.5. The van der Waals surface area contributed by atoms with Gasteiger partial charge in [0.05, 0.1) is 11.0 Å². The van der Waals surface area contributed by atoms with Crippen LogP contribution in [0, 0.1) is 10.1 Å². The number of nitrogens with zero attached hydrogens (tertiary/aromatic N) is 1. The Labute approximate surface area is 106 Å². The molecule has 0 unspecified atom stereocenters. The van der Waals surface area contributed by atoms with Crippen LogP contribution in [0.5, 0.6) is 5.75 Å². The summed E-state index contributed by atoms with van der Waals surface area (Å²) >= 11 is 5.65. The van der Waals surface area contributed by atoms with E-state index in [0.717, 1.165) is 18.4 Å². The minimum Gasteiger partial charge on any atom is -0.484 e. The first-order valence-corrected chi connectivity index (χ1v) is 6.15. The monoisotopic (exact) mass is 257 g/mol. The van der Waals surface area contributed by atoms with E-state index in [2.05, 4.69) is 0 Å². The fraction of sp³-hybridized carbons (Fsp3) is 0.500. The topological polar surface area (TPSA) is 52.4 Å². The zero-order valence-corrected chi connectivity index (χ0v) is 10.7. The highest BCUT2D eigenvalue weighted by Gasteiger charge is 2.18. The molecule has 4 nitrogen and oxygen atoms in total. The second-order valence-corrected chi connectivity index (χ2v) is 4.02. The molecule has 0 heterocycles. The fourth-order valence-electron chi connectivity index (χ4n) is 1.52. The average Bonchev–Trinajstić information content (AvgIpc) is 2.35. The molecule has 0 saturated carbocycles. The third kappa shape index (κ3) is 3.60. The van der Waals surface area contributed by atoms with Gasteiger partial charge in [0, 0.05) is 11.9 Å². The summed E-state index contributed by atoms with van der Waals surface area (Å²) in [5.41, 5.74) is 0.699. The molecule has 0 radical (unpaired) electrons. The second-order valence-electron chi connectivity index (χ2n) is 3.75. The first-order valence-electron chi connectivity index (χ1n) is 5.62. The maximum Gasteiger partial charge on any atom is 0.311 e. The van der Waals surface area contributed by atoms with Gasteiger partial charge in [0.2, 0.25) is 0 Å². The Morgan fingerprint density at radius 1 is 1.41 bits per heavy atom. The highest BCUT2D eigenvalue weighted by Crippen LogP contribution is 2.30. The summed E-state index contributed by atoms with van der Waals surface area (Å²) in [6, 6.07) is 4.83. The Kier molecular flexibility index (Phi) is 5.22. The van der Waals surface area contributed by atoms with Crippen LogP contribution in [0.25, 0.3) is 0 Å². The van der Waals surface area contributed by atoms with Crippen molar-refractivity contribution in [2.24, 2.45) is 0 Å². The lowest BCUT2D eigenvalue weighted by atomic mass is 10.2. The minimum absolute atomic E-state index is 0.00977.